The predicted octanol–water partition coefficient (Wildman–Crippen LogP) is 3.00. The third kappa shape index (κ3) is 4.25. The molecule has 0 atom stereocenters. The van der Waals surface area contributed by atoms with Crippen molar-refractivity contribution in [2.45, 2.75) is 0 Å². The van der Waals surface area contributed by atoms with Gasteiger partial charge in [-0.1, -0.05) is 36.4 Å². The third-order valence-corrected chi connectivity index (χ3v) is 4.70. The molecule has 2 rings (SSSR count). The summed E-state index contributed by atoms with van der Waals surface area (Å²) in [7, 11) is 2.13. The van der Waals surface area contributed by atoms with Crippen LogP contribution in [0.2, 0.25) is 0 Å². The second-order valence-electron chi connectivity index (χ2n) is 4.19. The minimum atomic E-state index is 0.113. The summed E-state index contributed by atoms with van der Waals surface area (Å²) in [6, 6.07) is 18.4. The molecule has 0 aromatic heterocycles. The van der Waals surface area contributed by atoms with Gasteiger partial charge in [0.15, 0.2) is 10.3 Å². The number of amidine groups is 2. The summed E-state index contributed by atoms with van der Waals surface area (Å²) >= 11 is 0. The van der Waals surface area contributed by atoms with Gasteiger partial charge in [0.1, 0.15) is 0 Å². The van der Waals surface area contributed by atoms with Gasteiger partial charge < -0.3 is 0 Å². The molecule has 0 aliphatic carbocycles. The maximum Gasteiger partial charge on any atom is 0.186 e. The molecular weight excluding hydrogens is 316 g/mol. The van der Waals surface area contributed by atoms with E-state index in [1.807, 2.05) is 60.7 Å². The maximum absolute atomic E-state index is 7.96. The van der Waals surface area contributed by atoms with E-state index in [9.17, 15) is 0 Å². The molecule has 2 aromatic rings. The van der Waals surface area contributed by atoms with E-state index in [4.69, 9.17) is 22.5 Å². The van der Waals surface area contributed by atoms with Gasteiger partial charge in [-0.25, -0.2) is 11.7 Å². The Morgan fingerprint density at radius 3 is 1.32 bits per heavy atom. The Labute approximate surface area is 136 Å². The van der Waals surface area contributed by atoms with E-state index in [-0.39, 0.29) is 10.3 Å². The van der Waals surface area contributed by atoms with Crippen LogP contribution in [0.4, 0.5) is 11.4 Å². The van der Waals surface area contributed by atoms with Crippen molar-refractivity contribution in [1.29, 1.82) is 10.8 Å². The van der Waals surface area contributed by atoms with Crippen LogP contribution < -0.4 is 21.7 Å². The van der Waals surface area contributed by atoms with Crippen molar-refractivity contribution in [2.75, 3.05) is 10.0 Å². The molecule has 0 heterocycles. The van der Waals surface area contributed by atoms with Crippen molar-refractivity contribution >= 4 is 43.3 Å². The summed E-state index contributed by atoms with van der Waals surface area (Å²) in [6.07, 6.45) is 0. The highest BCUT2D eigenvalue weighted by molar-refractivity contribution is 8.87. The van der Waals surface area contributed by atoms with Crippen LogP contribution in [-0.4, -0.2) is 10.3 Å². The quantitative estimate of drug-likeness (QED) is 0.221. The zero-order chi connectivity index (χ0) is 15.9. The smallest absolute Gasteiger partial charge is 0.186 e. The van der Waals surface area contributed by atoms with Crippen molar-refractivity contribution in [3.63, 3.8) is 0 Å². The summed E-state index contributed by atoms with van der Waals surface area (Å²) in [6.45, 7) is 0. The van der Waals surface area contributed by atoms with Crippen LogP contribution in [0.25, 0.3) is 0 Å². The van der Waals surface area contributed by atoms with Crippen molar-refractivity contribution < 1.29 is 0 Å². The Morgan fingerprint density at radius 2 is 1.00 bits per heavy atom. The lowest BCUT2D eigenvalue weighted by molar-refractivity contribution is 1.13. The number of rotatable bonds is 2. The number of benzene rings is 2. The van der Waals surface area contributed by atoms with E-state index >= 15 is 0 Å². The standard InChI is InChI=1S/C14H16N6S2/c15-13(19(17)11-7-3-1-4-8-11)21-22-14(16)20(18)12-9-5-2-6-10-12/h1-10,15-16H,17-18H2. The second-order valence-corrected chi connectivity index (χ2v) is 6.29. The topological polar surface area (TPSA) is 106 Å². The number of nitrogens with one attached hydrogen (secondary N) is 2. The number of nitrogens with zero attached hydrogens (tertiary/aromatic N) is 2. The monoisotopic (exact) mass is 332 g/mol. The fourth-order valence-electron chi connectivity index (χ4n) is 1.57. The first kappa shape index (κ1) is 16.4. The molecule has 22 heavy (non-hydrogen) atoms. The molecule has 6 N–H and O–H groups in total. The van der Waals surface area contributed by atoms with Crippen LogP contribution in [0.3, 0.4) is 0 Å². The molecule has 0 aliphatic heterocycles. The average molecular weight is 332 g/mol. The first-order valence-electron chi connectivity index (χ1n) is 6.31. The number of nitrogens with two attached hydrogens (primary N) is 2. The van der Waals surface area contributed by atoms with Gasteiger partial charge in [0.05, 0.1) is 11.4 Å². The van der Waals surface area contributed by atoms with Crippen molar-refractivity contribution in [3.05, 3.63) is 60.7 Å². The zero-order valence-electron chi connectivity index (χ0n) is 11.6. The first-order chi connectivity index (χ1) is 10.6. The maximum atomic E-state index is 7.96. The van der Waals surface area contributed by atoms with Crippen LogP contribution in [0.1, 0.15) is 0 Å². The minimum absolute atomic E-state index is 0.113. The summed E-state index contributed by atoms with van der Waals surface area (Å²) in [5.41, 5.74) is 1.42. The first-order valence-corrected chi connectivity index (χ1v) is 8.46. The zero-order valence-corrected chi connectivity index (χ0v) is 13.3. The van der Waals surface area contributed by atoms with Crippen molar-refractivity contribution in [3.8, 4) is 0 Å². The highest BCUT2D eigenvalue weighted by Crippen LogP contribution is 2.28. The summed E-state index contributed by atoms with van der Waals surface area (Å²) in [5.74, 6) is 11.7. The minimum Gasteiger partial charge on any atom is -0.277 e. The molecule has 2 aromatic carbocycles. The molecule has 0 fully saturated rings. The van der Waals surface area contributed by atoms with Gasteiger partial charge in [-0.15, -0.1) is 0 Å². The molecule has 0 amide bonds. The number of hydrazine groups is 2. The summed E-state index contributed by atoms with van der Waals surface area (Å²) < 4.78 is 0. The fraction of sp³-hybridized carbons (Fsp3) is 0. The highest BCUT2D eigenvalue weighted by atomic mass is 33.1. The number of para-hydroxylation sites is 2. The van der Waals surface area contributed by atoms with Gasteiger partial charge in [-0.05, 0) is 45.9 Å². The molecule has 0 saturated carbocycles. The largest absolute Gasteiger partial charge is 0.277 e. The van der Waals surface area contributed by atoms with Crippen LogP contribution in [0, 0.1) is 10.8 Å². The number of anilines is 2. The average Bonchev–Trinajstić information content (AvgIpc) is 2.59. The van der Waals surface area contributed by atoms with Gasteiger partial charge in [0, 0.05) is 0 Å². The molecule has 114 valence electrons. The van der Waals surface area contributed by atoms with Crippen LogP contribution in [0.5, 0.6) is 0 Å². The summed E-state index contributed by atoms with van der Waals surface area (Å²) in [4.78, 5) is 0. The molecule has 0 bridgehead atoms. The Balaban J connectivity index is 1.89. The molecule has 0 saturated heterocycles. The lowest BCUT2D eigenvalue weighted by Crippen LogP contribution is -2.36. The van der Waals surface area contributed by atoms with E-state index in [1.165, 1.54) is 10.0 Å². The molecular formula is C14H16N6S2. The van der Waals surface area contributed by atoms with Gasteiger partial charge in [-0.2, -0.15) is 0 Å². The van der Waals surface area contributed by atoms with Gasteiger partial charge in [0.25, 0.3) is 0 Å². The highest BCUT2D eigenvalue weighted by Gasteiger charge is 2.13. The Hall–Kier alpha value is -2.00. The van der Waals surface area contributed by atoms with Gasteiger partial charge in [0.2, 0.25) is 0 Å². The molecule has 0 radical (unpaired) electrons. The van der Waals surface area contributed by atoms with Gasteiger partial charge >= 0.3 is 0 Å². The Kier molecular flexibility index (Phi) is 5.84. The molecule has 0 spiro atoms. The van der Waals surface area contributed by atoms with Crippen LogP contribution in [-0.2, 0) is 0 Å². The van der Waals surface area contributed by atoms with E-state index in [1.54, 1.807) is 0 Å². The van der Waals surface area contributed by atoms with Crippen LogP contribution in [0.15, 0.2) is 60.7 Å². The SMILES string of the molecule is N=C(SSC(=N)N(N)c1ccccc1)N(N)c1ccccc1. The third-order valence-electron chi connectivity index (χ3n) is 2.71. The van der Waals surface area contributed by atoms with E-state index in [0.29, 0.717) is 11.4 Å². The molecule has 0 aliphatic rings. The van der Waals surface area contributed by atoms with Gasteiger partial charge in [-0.3, -0.25) is 20.8 Å². The Bertz CT molecular complexity index is 577. The normalized spacial score (nSPS) is 10.1. The fourth-order valence-corrected chi connectivity index (χ4v) is 3.06. The van der Waals surface area contributed by atoms with E-state index in [2.05, 4.69) is 0 Å². The molecule has 0 unspecified atom stereocenters. The van der Waals surface area contributed by atoms with E-state index < -0.39 is 0 Å². The van der Waals surface area contributed by atoms with Crippen molar-refractivity contribution in [2.24, 2.45) is 11.7 Å². The lowest BCUT2D eigenvalue weighted by atomic mass is 10.3. The van der Waals surface area contributed by atoms with Crippen molar-refractivity contribution in [1.82, 2.24) is 0 Å². The molecule has 6 nitrogen and oxygen atoms in total. The Morgan fingerprint density at radius 1 is 0.682 bits per heavy atom. The second kappa shape index (κ2) is 7.85. The lowest BCUT2D eigenvalue weighted by Gasteiger charge is -2.20. The van der Waals surface area contributed by atoms with E-state index in [0.717, 1.165) is 21.6 Å². The summed E-state index contributed by atoms with van der Waals surface area (Å²) in [5, 5.41) is 18.7. The number of hydrogen-bond donors (Lipinski definition) is 4. The predicted molar refractivity (Wildman–Crippen MR) is 96.9 cm³/mol. The van der Waals surface area contributed by atoms with Crippen LogP contribution >= 0.6 is 21.6 Å². The number of hydrogen-bond acceptors (Lipinski definition) is 6. The molecule has 8 heteroatoms.